The molecule has 1 saturated carbocycles. The molecule has 0 amide bonds. The summed E-state index contributed by atoms with van der Waals surface area (Å²) in [7, 11) is 0. The van der Waals surface area contributed by atoms with Crippen LogP contribution >= 0.6 is 0 Å². The summed E-state index contributed by atoms with van der Waals surface area (Å²) in [6.45, 7) is 0. The molecule has 0 atom stereocenters. The SMILES string of the molecule is c1ccc(-c2ccc(N(c3ccc(-c4ccc5cccc(-c6ccccc6)c5c4)cc3)c3ccc(C4CCCCC4)cc3)cc2)cc1. The first-order valence-electron chi connectivity index (χ1n) is 17.0. The summed E-state index contributed by atoms with van der Waals surface area (Å²) in [4.78, 5) is 2.39. The van der Waals surface area contributed by atoms with E-state index < -0.39 is 0 Å². The Labute approximate surface area is 278 Å². The largest absolute Gasteiger partial charge is 0.311 e. The van der Waals surface area contributed by atoms with E-state index in [2.05, 4.69) is 175 Å². The van der Waals surface area contributed by atoms with Crippen LogP contribution in [0.5, 0.6) is 0 Å². The molecule has 1 aliphatic carbocycles. The maximum Gasteiger partial charge on any atom is 0.0462 e. The highest BCUT2D eigenvalue weighted by Crippen LogP contribution is 2.39. The van der Waals surface area contributed by atoms with Gasteiger partial charge in [0.05, 0.1) is 0 Å². The Morgan fingerprint density at radius 2 is 0.894 bits per heavy atom. The fourth-order valence-electron chi connectivity index (χ4n) is 7.34. The van der Waals surface area contributed by atoms with Gasteiger partial charge in [0.1, 0.15) is 0 Å². The van der Waals surface area contributed by atoms with E-state index in [1.165, 1.54) is 87.5 Å². The van der Waals surface area contributed by atoms with E-state index in [9.17, 15) is 0 Å². The number of hydrogen-bond acceptors (Lipinski definition) is 1. The molecule has 0 N–H and O–H groups in total. The van der Waals surface area contributed by atoms with Crippen molar-refractivity contribution in [2.24, 2.45) is 0 Å². The average molecular weight is 606 g/mol. The van der Waals surface area contributed by atoms with Gasteiger partial charge in [0.15, 0.2) is 0 Å². The highest BCUT2D eigenvalue weighted by atomic mass is 15.1. The number of rotatable bonds is 7. The Morgan fingerprint density at radius 3 is 1.51 bits per heavy atom. The molecular weight excluding hydrogens is 567 g/mol. The van der Waals surface area contributed by atoms with E-state index in [-0.39, 0.29) is 0 Å². The van der Waals surface area contributed by atoms with Gasteiger partial charge in [-0.25, -0.2) is 0 Å². The monoisotopic (exact) mass is 605 g/mol. The van der Waals surface area contributed by atoms with E-state index >= 15 is 0 Å². The van der Waals surface area contributed by atoms with Crippen molar-refractivity contribution in [2.45, 2.75) is 38.0 Å². The summed E-state index contributed by atoms with van der Waals surface area (Å²) in [5, 5.41) is 2.53. The molecule has 0 aliphatic heterocycles. The zero-order chi connectivity index (χ0) is 31.4. The number of hydrogen-bond donors (Lipinski definition) is 0. The van der Waals surface area contributed by atoms with Gasteiger partial charge >= 0.3 is 0 Å². The topological polar surface area (TPSA) is 3.24 Å². The third-order valence-electron chi connectivity index (χ3n) is 9.89. The van der Waals surface area contributed by atoms with Gasteiger partial charge in [-0.2, -0.15) is 0 Å². The van der Waals surface area contributed by atoms with Crippen LogP contribution in [0.15, 0.2) is 170 Å². The third-order valence-corrected chi connectivity index (χ3v) is 9.89. The van der Waals surface area contributed by atoms with Crippen LogP contribution in [0.4, 0.5) is 17.1 Å². The maximum absolute atomic E-state index is 2.39. The second-order valence-corrected chi connectivity index (χ2v) is 12.8. The van der Waals surface area contributed by atoms with Gasteiger partial charge in [0, 0.05) is 17.1 Å². The van der Waals surface area contributed by atoms with E-state index in [0.717, 1.165) is 11.4 Å². The molecule has 0 radical (unpaired) electrons. The number of nitrogens with zero attached hydrogens (tertiary/aromatic N) is 1. The van der Waals surface area contributed by atoms with Crippen LogP contribution < -0.4 is 4.90 Å². The molecule has 7 aromatic rings. The zero-order valence-electron chi connectivity index (χ0n) is 26.7. The summed E-state index contributed by atoms with van der Waals surface area (Å²) >= 11 is 0. The van der Waals surface area contributed by atoms with Gasteiger partial charge in [0.2, 0.25) is 0 Å². The molecule has 228 valence electrons. The molecule has 0 aromatic heterocycles. The predicted molar refractivity (Wildman–Crippen MR) is 201 cm³/mol. The molecule has 0 bridgehead atoms. The molecule has 0 heterocycles. The molecule has 1 aliphatic rings. The fraction of sp³-hybridized carbons (Fsp3) is 0.130. The molecular formula is C46H39N. The first-order valence-corrected chi connectivity index (χ1v) is 17.0. The minimum Gasteiger partial charge on any atom is -0.311 e. The van der Waals surface area contributed by atoms with E-state index in [1.54, 1.807) is 0 Å². The highest BCUT2D eigenvalue weighted by molar-refractivity contribution is 5.99. The zero-order valence-corrected chi connectivity index (χ0v) is 26.7. The van der Waals surface area contributed by atoms with Gasteiger partial charge in [-0.1, -0.05) is 147 Å². The van der Waals surface area contributed by atoms with Crippen LogP contribution in [0.2, 0.25) is 0 Å². The first-order chi connectivity index (χ1) is 23.3. The highest BCUT2D eigenvalue weighted by Gasteiger charge is 2.18. The van der Waals surface area contributed by atoms with E-state index in [4.69, 9.17) is 0 Å². The van der Waals surface area contributed by atoms with Gasteiger partial charge in [-0.15, -0.1) is 0 Å². The van der Waals surface area contributed by atoms with Crippen molar-refractivity contribution in [1.82, 2.24) is 0 Å². The normalized spacial score (nSPS) is 13.4. The van der Waals surface area contributed by atoms with Crippen LogP contribution in [0.3, 0.4) is 0 Å². The third kappa shape index (κ3) is 6.10. The lowest BCUT2D eigenvalue weighted by atomic mass is 9.84. The number of anilines is 3. The molecule has 0 spiro atoms. The van der Waals surface area contributed by atoms with Gasteiger partial charge in [-0.05, 0) is 111 Å². The van der Waals surface area contributed by atoms with Crippen LogP contribution in [0.1, 0.15) is 43.6 Å². The molecule has 1 heteroatoms. The van der Waals surface area contributed by atoms with Crippen molar-refractivity contribution in [3.63, 3.8) is 0 Å². The Morgan fingerprint density at radius 1 is 0.383 bits per heavy atom. The summed E-state index contributed by atoms with van der Waals surface area (Å²) < 4.78 is 0. The molecule has 8 rings (SSSR count). The molecule has 0 unspecified atom stereocenters. The predicted octanol–water partition coefficient (Wildman–Crippen LogP) is 13.4. The maximum atomic E-state index is 2.39. The van der Waals surface area contributed by atoms with Gasteiger partial charge in [-0.3, -0.25) is 0 Å². The van der Waals surface area contributed by atoms with Gasteiger partial charge < -0.3 is 4.90 Å². The Hall–Kier alpha value is -5.40. The summed E-state index contributed by atoms with van der Waals surface area (Å²) in [6.07, 6.45) is 6.71. The van der Waals surface area contributed by atoms with Crippen LogP contribution in [0, 0.1) is 0 Å². The number of fused-ring (bicyclic) bond motifs is 1. The van der Waals surface area contributed by atoms with Crippen molar-refractivity contribution < 1.29 is 0 Å². The quantitative estimate of drug-likeness (QED) is 0.175. The first kappa shape index (κ1) is 29.0. The summed E-state index contributed by atoms with van der Waals surface area (Å²) in [6, 6.07) is 62.1. The minimum absolute atomic E-state index is 0.694. The molecule has 1 fully saturated rings. The number of benzene rings is 7. The second kappa shape index (κ2) is 13.1. The molecule has 7 aromatic carbocycles. The van der Waals surface area contributed by atoms with Crippen molar-refractivity contribution in [2.75, 3.05) is 4.90 Å². The van der Waals surface area contributed by atoms with Crippen molar-refractivity contribution in [3.8, 4) is 33.4 Å². The van der Waals surface area contributed by atoms with E-state index in [0.29, 0.717) is 5.92 Å². The van der Waals surface area contributed by atoms with Crippen LogP contribution in [-0.2, 0) is 0 Å². The second-order valence-electron chi connectivity index (χ2n) is 12.8. The van der Waals surface area contributed by atoms with Crippen molar-refractivity contribution in [1.29, 1.82) is 0 Å². The van der Waals surface area contributed by atoms with Crippen LogP contribution in [0.25, 0.3) is 44.2 Å². The molecule has 47 heavy (non-hydrogen) atoms. The van der Waals surface area contributed by atoms with Crippen molar-refractivity contribution >= 4 is 27.8 Å². The molecule has 1 nitrogen and oxygen atoms in total. The summed E-state index contributed by atoms with van der Waals surface area (Å²) in [5.74, 6) is 0.694. The lowest BCUT2D eigenvalue weighted by Crippen LogP contribution is -2.10. The lowest BCUT2D eigenvalue weighted by Gasteiger charge is -2.27. The summed E-state index contributed by atoms with van der Waals surface area (Å²) in [5.41, 5.74) is 12.4. The van der Waals surface area contributed by atoms with Gasteiger partial charge in [0.25, 0.3) is 0 Å². The van der Waals surface area contributed by atoms with Crippen LogP contribution in [-0.4, -0.2) is 0 Å². The minimum atomic E-state index is 0.694. The standard InChI is InChI=1S/C46H39N/c1-4-11-34(12-5-1)36-21-27-42(28-22-36)47(43-29-23-37(24-30-43)35-13-6-2-7-14-35)44-31-25-38(26-32-44)41-20-19-40-17-10-18-45(46(40)33-41)39-15-8-3-9-16-39/h1,3-5,8-12,15-33,35H,2,6-7,13-14H2. The lowest BCUT2D eigenvalue weighted by molar-refractivity contribution is 0.443. The average Bonchev–Trinajstić information content (AvgIpc) is 3.16. The van der Waals surface area contributed by atoms with Crippen molar-refractivity contribution in [3.05, 3.63) is 175 Å². The Balaban J connectivity index is 1.15. The Kier molecular flexibility index (Phi) is 8.12. The van der Waals surface area contributed by atoms with E-state index in [1.807, 2.05) is 0 Å². The smallest absolute Gasteiger partial charge is 0.0462 e. The molecule has 0 saturated heterocycles. The Bertz CT molecular complexity index is 2070. The fourth-order valence-corrected chi connectivity index (χ4v) is 7.34.